The summed E-state index contributed by atoms with van der Waals surface area (Å²) in [4.78, 5) is 7.96. The largest absolute Gasteiger partial charge is 0.342 e. The molecule has 1 aromatic heterocycles. The Morgan fingerprint density at radius 3 is 2.74 bits per heavy atom. The fraction of sp³-hybridized carbons (Fsp3) is 0.400. The maximum atomic E-state index is 6.04. The Hall–Kier alpha value is -1.32. The standard InChI is InChI=1S/C15H18ClN3/c16-12-6-4-10(5-7-12)14-9-18-15(19-14)11-2-1-3-13(17)8-11/h4-7,9,11,13H,1-3,8,17H2,(H,18,19). The van der Waals surface area contributed by atoms with Crippen molar-refractivity contribution in [3.63, 3.8) is 0 Å². The molecule has 1 saturated carbocycles. The van der Waals surface area contributed by atoms with Gasteiger partial charge in [0.05, 0.1) is 11.9 Å². The van der Waals surface area contributed by atoms with Crippen molar-refractivity contribution in [2.24, 2.45) is 5.73 Å². The van der Waals surface area contributed by atoms with Gasteiger partial charge in [0, 0.05) is 17.0 Å². The van der Waals surface area contributed by atoms with E-state index >= 15 is 0 Å². The van der Waals surface area contributed by atoms with Crippen molar-refractivity contribution < 1.29 is 0 Å². The lowest BCUT2D eigenvalue weighted by molar-refractivity contribution is 0.383. The summed E-state index contributed by atoms with van der Waals surface area (Å²) in [6.07, 6.45) is 6.46. The lowest BCUT2D eigenvalue weighted by atomic mass is 9.86. The van der Waals surface area contributed by atoms with Crippen LogP contribution in [0.1, 0.15) is 37.4 Å². The molecular weight excluding hydrogens is 258 g/mol. The predicted molar refractivity (Wildman–Crippen MR) is 78.2 cm³/mol. The van der Waals surface area contributed by atoms with Crippen LogP contribution in [0.3, 0.4) is 0 Å². The molecule has 0 bridgehead atoms. The minimum atomic E-state index is 0.322. The van der Waals surface area contributed by atoms with Crippen LogP contribution in [-0.2, 0) is 0 Å². The van der Waals surface area contributed by atoms with E-state index in [0.29, 0.717) is 12.0 Å². The molecule has 0 spiro atoms. The van der Waals surface area contributed by atoms with E-state index in [-0.39, 0.29) is 0 Å². The Morgan fingerprint density at radius 1 is 1.21 bits per heavy atom. The smallest absolute Gasteiger partial charge is 0.109 e. The van der Waals surface area contributed by atoms with Gasteiger partial charge in [0.15, 0.2) is 0 Å². The molecule has 0 aliphatic heterocycles. The molecule has 1 aliphatic rings. The average molecular weight is 276 g/mol. The van der Waals surface area contributed by atoms with Gasteiger partial charge in [-0.15, -0.1) is 0 Å². The van der Waals surface area contributed by atoms with Crippen LogP contribution in [-0.4, -0.2) is 16.0 Å². The van der Waals surface area contributed by atoms with E-state index < -0.39 is 0 Å². The SMILES string of the molecule is NC1CCCC(c2ncc(-c3ccc(Cl)cc3)[nH]2)C1. The van der Waals surface area contributed by atoms with Crippen molar-refractivity contribution in [3.05, 3.63) is 41.3 Å². The zero-order valence-electron chi connectivity index (χ0n) is 10.8. The molecule has 0 radical (unpaired) electrons. The summed E-state index contributed by atoms with van der Waals surface area (Å²) in [7, 11) is 0. The molecule has 19 heavy (non-hydrogen) atoms. The first kappa shape index (κ1) is 12.7. The third-order valence-corrected chi connectivity index (χ3v) is 4.10. The van der Waals surface area contributed by atoms with Crippen molar-refractivity contribution in [2.45, 2.75) is 37.6 Å². The third-order valence-electron chi connectivity index (χ3n) is 3.85. The lowest BCUT2D eigenvalue weighted by Gasteiger charge is -2.24. The van der Waals surface area contributed by atoms with Gasteiger partial charge in [-0.2, -0.15) is 0 Å². The summed E-state index contributed by atoms with van der Waals surface area (Å²) in [5.74, 6) is 1.55. The predicted octanol–water partition coefficient (Wildman–Crippen LogP) is 3.72. The Morgan fingerprint density at radius 2 is 2.00 bits per heavy atom. The molecule has 100 valence electrons. The number of rotatable bonds is 2. The molecule has 1 heterocycles. The van der Waals surface area contributed by atoms with Gasteiger partial charge >= 0.3 is 0 Å². The zero-order chi connectivity index (χ0) is 13.2. The molecule has 3 nitrogen and oxygen atoms in total. The normalized spacial score (nSPS) is 23.5. The highest BCUT2D eigenvalue weighted by Gasteiger charge is 2.23. The van der Waals surface area contributed by atoms with Crippen LogP contribution in [0.15, 0.2) is 30.5 Å². The van der Waals surface area contributed by atoms with Crippen molar-refractivity contribution in [2.75, 3.05) is 0 Å². The molecule has 2 unspecified atom stereocenters. The Labute approximate surface area is 118 Å². The molecule has 4 heteroatoms. The number of hydrogen-bond acceptors (Lipinski definition) is 2. The fourth-order valence-corrected chi connectivity index (χ4v) is 2.92. The van der Waals surface area contributed by atoms with E-state index in [9.17, 15) is 0 Å². The van der Waals surface area contributed by atoms with Gasteiger partial charge in [-0.3, -0.25) is 0 Å². The molecule has 1 aromatic carbocycles. The van der Waals surface area contributed by atoms with E-state index in [4.69, 9.17) is 17.3 Å². The van der Waals surface area contributed by atoms with Gasteiger partial charge in [0.1, 0.15) is 5.82 Å². The minimum absolute atomic E-state index is 0.322. The second kappa shape index (κ2) is 5.35. The lowest BCUT2D eigenvalue weighted by Crippen LogP contribution is -2.27. The number of nitrogens with two attached hydrogens (primary N) is 1. The van der Waals surface area contributed by atoms with E-state index in [1.807, 2.05) is 30.5 Å². The highest BCUT2D eigenvalue weighted by Crippen LogP contribution is 2.31. The van der Waals surface area contributed by atoms with Crippen LogP contribution in [0, 0.1) is 0 Å². The molecule has 0 saturated heterocycles. The highest BCUT2D eigenvalue weighted by molar-refractivity contribution is 6.30. The maximum Gasteiger partial charge on any atom is 0.109 e. The number of aromatic amines is 1. The summed E-state index contributed by atoms with van der Waals surface area (Å²) < 4.78 is 0. The number of imidazole rings is 1. The molecule has 1 fully saturated rings. The number of hydrogen-bond donors (Lipinski definition) is 2. The summed E-state index contributed by atoms with van der Waals surface area (Å²) in [5, 5.41) is 0.752. The first-order valence-corrected chi connectivity index (χ1v) is 7.16. The Balaban J connectivity index is 1.81. The number of H-pyrrole nitrogens is 1. The monoisotopic (exact) mass is 275 g/mol. The third kappa shape index (κ3) is 2.82. The Kier molecular flexibility index (Phi) is 3.58. The number of benzene rings is 1. The van der Waals surface area contributed by atoms with Gasteiger partial charge in [-0.25, -0.2) is 4.98 Å². The van der Waals surface area contributed by atoms with Crippen LogP contribution >= 0.6 is 11.6 Å². The van der Waals surface area contributed by atoms with E-state index in [2.05, 4.69) is 9.97 Å². The highest BCUT2D eigenvalue weighted by atomic mass is 35.5. The van der Waals surface area contributed by atoms with Crippen LogP contribution in [0.25, 0.3) is 11.3 Å². The topological polar surface area (TPSA) is 54.7 Å². The summed E-state index contributed by atoms with van der Waals surface area (Å²) in [5.41, 5.74) is 8.20. The van der Waals surface area contributed by atoms with Gasteiger partial charge in [0.2, 0.25) is 0 Å². The Bertz CT molecular complexity index is 547. The minimum Gasteiger partial charge on any atom is -0.342 e. The zero-order valence-corrected chi connectivity index (χ0v) is 11.5. The molecule has 2 atom stereocenters. The second-order valence-corrected chi connectivity index (χ2v) is 5.75. The molecule has 0 amide bonds. The second-order valence-electron chi connectivity index (χ2n) is 5.31. The molecule has 3 N–H and O–H groups in total. The van der Waals surface area contributed by atoms with Crippen molar-refractivity contribution in [1.29, 1.82) is 0 Å². The van der Waals surface area contributed by atoms with Crippen molar-refractivity contribution in [1.82, 2.24) is 9.97 Å². The molecular formula is C15H18ClN3. The quantitative estimate of drug-likeness (QED) is 0.878. The number of halogens is 1. The summed E-state index contributed by atoms with van der Waals surface area (Å²) in [6, 6.07) is 8.13. The fourth-order valence-electron chi connectivity index (χ4n) is 2.80. The van der Waals surface area contributed by atoms with Crippen LogP contribution in [0.5, 0.6) is 0 Å². The number of nitrogens with one attached hydrogen (secondary N) is 1. The van der Waals surface area contributed by atoms with Crippen molar-refractivity contribution in [3.8, 4) is 11.3 Å². The number of nitrogens with zero attached hydrogens (tertiary/aromatic N) is 1. The van der Waals surface area contributed by atoms with Crippen LogP contribution in [0.2, 0.25) is 5.02 Å². The molecule has 3 rings (SSSR count). The van der Waals surface area contributed by atoms with Crippen LogP contribution in [0.4, 0.5) is 0 Å². The van der Waals surface area contributed by atoms with Gasteiger partial charge in [-0.05, 0) is 37.0 Å². The van der Waals surface area contributed by atoms with E-state index in [0.717, 1.165) is 34.9 Å². The van der Waals surface area contributed by atoms with Gasteiger partial charge in [0.25, 0.3) is 0 Å². The first-order chi connectivity index (χ1) is 9.22. The van der Waals surface area contributed by atoms with Crippen LogP contribution < -0.4 is 5.73 Å². The van der Waals surface area contributed by atoms with Crippen molar-refractivity contribution >= 4 is 11.6 Å². The molecule has 2 aromatic rings. The average Bonchev–Trinajstić information content (AvgIpc) is 2.89. The van der Waals surface area contributed by atoms with E-state index in [1.165, 1.54) is 12.8 Å². The first-order valence-electron chi connectivity index (χ1n) is 6.79. The number of aromatic nitrogens is 2. The van der Waals surface area contributed by atoms with E-state index in [1.54, 1.807) is 0 Å². The van der Waals surface area contributed by atoms with Gasteiger partial charge < -0.3 is 10.7 Å². The summed E-state index contributed by atoms with van der Waals surface area (Å²) in [6.45, 7) is 0. The summed E-state index contributed by atoms with van der Waals surface area (Å²) >= 11 is 5.90. The molecule has 1 aliphatic carbocycles. The van der Waals surface area contributed by atoms with Gasteiger partial charge in [-0.1, -0.05) is 30.2 Å². The maximum absolute atomic E-state index is 6.04.